The van der Waals surface area contributed by atoms with Gasteiger partial charge in [-0.05, 0) is 32.1 Å². The van der Waals surface area contributed by atoms with Gasteiger partial charge in [0.05, 0.1) is 11.7 Å². The van der Waals surface area contributed by atoms with E-state index in [4.69, 9.17) is 4.74 Å². The van der Waals surface area contributed by atoms with E-state index in [2.05, 4.69) is 0 Å². The van der Waals surface area contributed by atoms with Gasteiger partial charge in [-0.25, -0.2) is 0 Å². The van der Waals surface area contributed by atoms with E-state index in [-0.39, 0.29) is 6.10 Å². The fraction of sp³-hybridized carbons (Fsp3) is 1.00. The van der Waals surface area contributed by atoms with Gasteiger partial charge in [-0.1, -0.05) is 19.3 Å². The second kappa shape index (κ2) is 3.97. The van der Waals surface area contributed by atoms with Crippen molar-refractivity contribution < 1.29 is 9.84 Å². The van der Waals surface area contributed by atoms with Gasteiger partial charge >= 0.3 is 0 Å². The normalized spacial score (nSPS) is 34.4. The van der Waals surface area contributed by atoms with Gasteiger partial charge in [0, 0.05) is 6.61 Å². The summed E-state index contributed by atoms with van der Waals surface area (Å²) < 4.78 is 5.67. The van der Waals surface area contributed by atoms with Crippen LogP contribution in [-0.4, -0.2) is 23.4 Å². The van der Waals surface area contributed by atoms with Gasteiger partial charge in [0.15, 0.2) is 0 Å². The van der Waals surface area contributed by atoms with Crippen LogP contribution in [0.4, 0.5) is 0 Å². The van der Waals surface area contributed by atoms with Crippen molar-refractivity contribution in [2.45, 2.75) is 63.1 Å². The highest BCUT2D eigenvalue weighted by Crippen LogP contribution is 2.35. The first kappa shape index (κ1) is 9.47. The van der Waals surface area contributed by atoms with Gasteiger partial charge < -0.3 is 9.84 Å². The van der Waals surface area contributed by atoms with Crippen LogP contribution in [0.15, 0.2) is 0 Å². The Bertz CT molecular complexity index is 155. The summed E-state index contributed by atoms with van der Waals surface area (Å²) in [5.74, 6) is 0. The summed E-state index contributed by atoms with van der Waals surface area (Å²) in [4.78, 5) is 0. The lowest BCUT2D eigenvalue weighted by Gasteiger charge is -2.40. The van der Waals surface area contributed by atoms with Crippen LogP contribution in [0.5, 0.6) is 0 Å². The lowest BCUT2D eigenvalue weighted by atomic mass is 9.78. The predicted molar refractivity (Wildman–Crippen MR) is 51.6 cm³/mol. The molecule has 0 aromatic heterocycles. The molecule has 13 heavy (non-hydrogen) atoms. The Morgan fingerprint density at radius 2 is 1.77 bits per heavy atom. The van der Waals surface area contributed by atoms with Gasteiger partial charge in [0.1, 0.15) is 0 Å². The standard InChI is InChI=1S/C11H20O2/c12-11(7-3-1-4-8-11)10-6-2-5-9-13-10/h10,12H,1-9H2. The number of aliphatic hydroxyl groups is 1. The fourth-order valence-corrected chi connectivity index (χ4v) is 2.65. The predicted octanol–water partition coefficient (Wildman–Crippen LogP) is 2.25. The van der Waals surface area contributed by atoms with Crippen molar-refractivity contribution >= 4 is 0 Å². The molecule has 2 rings (SSSR count). The zero-order valence-electron chi connectivity index (χ0n) is 8.30. The molecule has 1 atom stereocenters. The minimum absolute atomic E-state index is 0.140. The third kappa shape index (κ3) is 2.05. The SMILES string of the molecule is OC1(C2CCCCO2)CCCCC1. The molecule has 0 aromatic rings. The minimum atomic E-state index is -0.474. The molecule has 0 spiro atoms. The molecule has 1 N–H and O–H groups in total. The van der Waals surface area contributed by atoms with Crippen molar-refractivity contribution in [3.63, 3.8) is 0 Å². The molecule has 2 nitrogen and oxygen atoms in total. The number of rotatable bonds is 1. The highest BCUT2D eigenvalue weighted by molar-refractivity contribution is 4.91. The maximum atomic E-state index is 10.4. The highest BCUT2D eigenvalue weighted by Gasteiger charge is 2.39. The Hall–Kier alpha value is -0.0800. The van der Waals surface area contributed by atoms with Gasteiger partial charge in [-0.3, -0.25) is 0 Å². The van der Waals surface area contributed by atoms with Crippen LogP contribution in [0, 0.1) is 0 Å². The second-order valence-corrected chi connectivity index (χ2v) is 4.52. The molecule has 0 bridgehead atoms. The summed E-state index contributed by atoms with van der Waals surface area (Å²) in [6.45, 7) is 0.854. The van der Waals surface area contributed by atoms with Crippen LogP contribution < -0.4 is 0 Å². The monoisotopic (exact) mass is 184 g/mol. The van der Waals surface area contributed by atoms with Crippen molar-refractivity contribution in [2.24, 2.45) is 0 Å². The Morgan fingerprint density at radius 3 is 2.38 bits per heavy atom. The minimum Gasteiger partial charge on any atom is -0.387 e. The molecular formula is C11H20O2. The number of ether oxygens (including phenoxy) is 1. The molecule has 1 unspecified atom stereocenters. The lowest BCUT2D eigenvalue weighted by Crippen LogP contribution is -2.46. The molecule has 1 aliphatic heterocycles. The first-order valence-corrected chi connectivity index (χ1v) is 5.65. The van der Waals surface area contributed by atoms with Crippen molar-refractivity contribution in [1.29, 1.82) is 0 Å². The zero-order chi connectivity index (χ0) is 9.15. The molecule has 1 saturated carbocycles. The molecule has 0 radical (unpaired) electrons. The molecule has 76 valence electrons. The largest absolute Gasteiger partial charge is 0.387 e. The maximum Gasteiger partial charge on any atom is 0.0908 e. The van der Waals surface area contributed by atoms with Crippen molar-refractivity contribution in [3.8, 4) is 0 Å². The van der Waals surface area contributed by atoms with Crippen molar-refractivity contribution in [2.75, 3.05) is 6.61 Å². The van der Waals surface area contributed by atoms with Gasteiger partial charge in [0.2, 0.25) is 0 Å². The van der Waals surface area contributed by atoms with E-state index in [0.29, 0.717) is 0 Å². The van der Waals surface area contributed by atoms with Gasteiger partial charge in [-0.15, -0.1) is 0 Å². The quantitative estimate of drug-likeness (QED) is 0.677. The molecule has 0 amide bonds. The number of hydrogen-bond donors (Lipinski definition) is 1. The van der Waals surface area contributed by atoms with Crippen LogP contribution in [0.1, 0.15) is 51.4 Å². The van der Waals surface area contributed by atoms with Crippen LogP contribution >= 0.6 is 0 Å². The van der Waals surface area contributed by atoms with Crippen LogP contribution in [0.25, 0.3) is 0 Å². The summed E-state index contributed by atoms with van der Waals surface area (Å²) in [7, 11) is 0. The molecular weight excluding hydrogens is 164 g/mol. The van der Waals surface area contributed by atoms with E-state index in [1.165, 1.54) is 32.1 Å². The first-order valence-electron chi connectivity index (χ1n) is 5.65. The topological polar surface area (TPSA) is 29.5 Å². The van der Waals surface area contributed by atoms with Crippen molar-refractivity contribution in [3.05, 3.63) is 0 Å². The third-order valence-electron chi connectivity index (χ3n) is 3.50. The summed E-state index contributed by atoms with van der Waals surface area (Å²) in [5.41, 5.74) is -0.474. The Kier molecular flexibility index (Phi) is 2.89. The van der Waals surface area contributed by atoms with Crippen LogP contribution in [0.2, 0.25) is 0 Å². The Balaban J connectivity index is 1.94. The maximum absolute atomic E-state index is 10.4. The lowest BCUT2D eigenvalue weighted by molar-refractivity contribution is -0.142. The highest BCUT2D eigenvalue weighted by atomic mass is 16.5. The van der Waals surface area contributed by atoms with Crippen LogP contribution in [-0.2, 0) is 4.74 Å². The summed E-state index contributed by atoms with van der Waals surface area (Å²) in [6.07, 6.45) is 9.16. The van der Waals surface area contributed by atoms with E-state index in [9.17, 15) is 5.11 Å². The molecule has 2 fully saturated rings. The summed E-state index contributed by atoms with van der Waals surface area (Å²) in [6, 6.07) is 0. The smallest absolute Gasteiger partial charge is 0.0908 e. The van der Waals surface area contributed by atoms with E-state index in [1.54, 1.807) is 0 Å². The Labute approximate surface area is 80.3 Å². The fourth-order valence-electron chi connectivity index (χ4n) is 2.65. The molecule has 1 saturated heterocycles. The molecule has 2 aliphatic rings. The molecule has 1 heterocycles. The average Bonchev–Trinajstić information content (AvgIpc) is 2.20. The number of hydrogen-bond acceptors (Lipinski definition) is 2. The van der Waals surface area contributed by atoms with E-state index in [0.717, 1.165) is 25.9 Å². The molecule has 2 heteroatoms. The van der Waals surface area contributed by atoms with Crippen molar-refractivity contribution in [1.82, 2.24) is 0 Å². The molecule has 0 aromatic carbocycles. The zero-order valence-corrected chi connectivity index (χ0v) is 8.30. The average molecular weight is 184 g/mol. The third-order valence-corrected chi connectivity index (χ3v) is 3.50. The molecule has 1 aliphatic carbocycles. The summed E-state index contributed by atoms with van der Waals surface area (Å²) >= 11 is 0. The van der Waals surface area contributed by atoms with E-state index < -0.39 is 5.60 Å². The second-order valence-electron chi connectivity index (χ2n) is 4.52. The Morgan fingerprint density at radius 1 is 1.00 bits per heavy atom. The van der Waals surface area contributed by atoms with E-state index in [1.807, 2.05) is 0 Å². The van der Waals surface area contributed by atoms with Gasteiger partial charge in [-0.2, -0.15) is 0 Å². The van der Waals surface area contributed by atoms with Gasteiger partial charge in [0.25, 0.3) is 0 Å². The van der Waals surface area contributed by atoms with E-state index >= 15 is 0 Å². The van der Waals surface area contributed by atoms with Crippen LogP contribution in [0.3, 0.4) is 0 Å². The first-order chi connectivity index (χ1) is 6.31. The summed E-state index contributed by atoms with van der Waals surface area (Å²) in [5, 5.41) is 10.4.